The molecule has 3 aromatic carbocycles. The van der Waals surface area contributed by atoms with Gasteiger partial charge in [0.05, 0.1) is 5.52 Å². The third kappa shape index (κ3) is 4.49. The molecule has 4 heteroatoms. The third-order valence-electron chi connectivity index (χ3n) is 6.50. The lowest BCUT2D eigenvalue weighted by Gasteiger charge is -2.10. The highest BCUT2D eigenvalue weighted by Crippen LogP contribution is 2.30. The zero-order valence-corrected chi connectivity index (χ0v) is 19.7. The zero-order valence-electron chi connectivity index (χ0n) is 19.7. The van der Waals surface area contributed by atoms with Gasteiger partial charge in [-0.25, -0.2) is 0 Å². The van der Waals surface area contributed by atoms with Crippen LogP contribution in [-0.4, -0.2) is 22.7 Å². The lowest BCUT2D eigenvalue weighted by atomic mass is 9.94. The van der Waals surface area contributed by atoms with E-state index in [0.717, 1.165) is 51.0 Å². The molecule has 0 saturated heterocycles. The third-order valence-corrected chi connectivity index (χ3v) is 6.50. The Balaban J connectivity index is 1.33. The maximum Gasteiger partial charge on any atom is 0.167 e. The van der Waals surface area contributed by atoms with Gasteiger partial charge in [0.25, 0.3) is 0 Å². The Morgan fingerprint density at radius 2 is 1.65 bits per heavy atom. The van der Waals surface area contributed by atoms with Gasteiger partial charge in [0.15, 0.2) is 11.6 Å². The van der Waals surface area contributed by atoms with Crippen LogP contribution in [0.25, 0.3) is 10.9 Å². The highest BCUT2D eigenvalue weighted by molar-refractivity contribution is 6.01. The molecule has 0 N–H and O–H groups in total. The molecule has 1 aromatic heterocycles. The van der Waals surface area contributed by atoms with Gasteiger partial charge in [-0.1, -0.05) is 24.3 Å². The minimum atomic E-state index is 0.0572. The van der Waals surface area contributed by atoms with Gasteiger partial charge in [-0.05, 0) is 85.5 Å². The van der Waals surface area contributed by atoms with Crippen molar-refractivity contribution in [2.75, 3.05) is 0 Å². The zero-order chi connectivity index (χ0) is 23.8. The highest BCUT2D eigenvalue weighted by Gasteiger charge is 2.20. The molecule has 1 atom stereocenters. The predicted molar refractivity (Wildman–Crippen MR) is 134 cm³/mol. The van der Waals surface area contributed by atoms with E-state index in [1.54, 1.807) is 0 Å². The van der Waals surface area contributed by atoms with E-state index < -0.39 is 0 Å². The van der Waals surface area contributed by atoms with Crippen LogP contribution in [0.4, 0.5) is 0 Å². The summed E-state index contributed by atoms with van der Waals surface area (Å²) in [5.74, 6) is 1.00. The minimum Gasteiger partial charge on any atom is -0.490 e. The van der Waals surface area contributed by atoms with Crippen LogP contribution >= 0.6 is 0 Å². The molecular formula is C30H27NO3. The maximum absolute atomic E-state index is 13.1. The van der Waals surface area contributed by atoms with Crippen LogP contribution in [0.1, 0.15) is 55.6 Å². The molecule has 0 amide bonds. The number of Topliss-reactive ketones (excluding diaryl/α,β-unsaturated/α-hetero) is 2. The van der Waals surface area contributed by atoms with Crippen molar-refractivity contribution < 1.29 is 14.3 Å². The summed E-state index contributed by atoms with van der Waals surface area (Å²) in [6.45, 7) is 5.99. The standard InChI is InChI=1S/C30H27NO3/c1-18-4-6-21(14-28(32)24-9-11-30-26(16-24)12-20(3)34-30)13-25(18)17-29(33)23-8-10-27-22(15-23)7-5-19(2)31-27/h4-11,13,15-16,20H,12,14,17H2,1-3H3. The molecule has 0 fully saturated rings. The molecule has 0 radical (unpaired) electrons. The average Bonchev–Trinajstić information content (AvgIpc) is 3.20. The number of fused-ring (bicyclic) bond motifs is 2. The number of hydrogen-bond donors (Lipinski definition) is 0. The van der Waals surface area contributed by atoms with Gasteiger partial charge < -0.3 is 4.74 Å². The number of aryl methyl sites for hydroxylation is 2. The quantitative estimate of drug-likeness (QED) is 0.338. The molecule has 0 saturated carbocycles. The van der Waals surface area contributed by atoms with Crippen molar-refractivity contribution in [3.63, 3.8) is 0 Å². The Labute approximate surface area is 199 Å². The Morgan fingerprint density at radius 3 is 2.50 bits per heavy atom. The molecule has 4 nitrogen and oxygen atoms in total. The van der Waals surface area contributed by atoms with E-state index in [-0.39, 0.29) is 17.7 Å². The number of carbonyl (C=O) groups excluding carboxylic acids is 2. The summed E-state index contributed by atoms with van der Waals surface area (Å²) in [4.78, 5) is 30.5. The van der Waals surface area contributed by atoms with E-state index in [0.29, 0.717) is 24.0 Å². The van der Waals surface area contributed by atoms with Gasteiger partial charge >= 0.3 is 0 Å². The average molecular weight is 450 g/mol. The predicted octanol–water partition coefficient (Wildman–Crippen LogP) is 6.03. The van der Waals surface area contributed by atoms with Crippen LogP contribution in [0.2, 0.25) is 0 Å². The second-order valence-electron chi connectivity index (χ2n) is 9.28. The van der Waals surface area contributed by atoms with Crippen molar-refractivity contribution in [3.05, 3.63) is 106 Å². The van der Waals surface area contributed by atoms with E-state index >= 15 is 0 Å². The number of carbonyl (C=O) groups is 2. The van der Waals surface area contributed by atoms with Crippen molar-refractivity contribution in [2.45, 2.75) is 46.1 Å². The first kappa shape index (κ1) is 22.0. The smallest absolute Gasteiger partial charge is 0.167 e. The van der Waals surface area contributed by atoms with E-state index in [2.05, 4.69) is 4.98 Å². The van der Waals surface area contributed by atoms with Crippen LogP contribution in [0.15, 0.2) is 66.7 Å². The Morgan fingerprint density at radius 1 is 0.882 bits per heavy atom. The maximum atomic E-state index is 13.1. The van der Waals surface area contributed by atoms with Crippen LogP contribution < -0.4 is 4.74 Å². The van der Waals surface area contributed by atoms with Gasteiger partial charge in [-0.3, -0.25) is 14.6 Å². The molecule has 1 aliphatic rings. The summed E-state index contributed by atoms with van der Waals surface area (Å²) in [5.41, 5.74) is 7.23. The number of ether oxygens (including phenoxy) is 1. The SMILES string of the molecule is Cc1ccc2cc(C(=O)Cc3cc(CC(=O)c4ccc5c(c4)CC(C)O5)ccc3C)ccc2n1. The van der Waals surface area contributed by atoms with E-state index in [4.69, 9.17) is 4.74 Å². The summed E-state index contributed by atoms with van der Waals surface area (Å²) in [6.07, 6.45) is 1.59. The lowest BCUT2D eigenvalue weighted by Crippen LogP contribution is -2.08. The number of ketones is 2. The molecule has 0 bridgehead atoms. The normalized spacial score (nSPS) is 14.6. The second kappa shape index (κ2) is 8.86. The number of nitrogens with zero attached hydrogens (tertiary/aromatic N) is 1. The fourth-order valence-electron chi connectivity index (χ4n) is 4.58. The molecular weight excluding hydrogens is 422 g/mol. The monoisotopic (exact) mass is 449 g/mol. The second-order valence-corrected chi connectivity index (χ2v) is 9.28. The first-order chi connectivity index (χ1) is 16.4. The van der Waals surface area contributed by atoms with E-state index in [1.165, 1.54) is 0 Å². The minimum absolute atomic E-state index is 0.0572. The molecule has 34 heavy (non-hydrogen) atoms. The molecule has 4 aromatic rings. The molecule has 2 heterocycles. The molecule has 170 valence electrons. The van der Waals surface area contributed by atoms with E-state index in [1.807, 2.05) is 87.5 Å². The Kier molecular flexibility index (Phi) is 5.74. The highest BCUT2D eigenvalue weighted by atomic mass is 16.5. The lowest BCUT2D eigenvalue weighted by molar-refractivity contribution is 0.0986. The topological polar surface area (TPSA) is 56.3 Å². The van der Waals surface area contributed by atoms with Gasteiger partial charge in [-0.15, -0.1) is 0 Å². The number of rotatable bonds is 6. The largest absolute Gasteiger partial charge is 0.490 e. The van der Waals surface area contributed by atoms with Crippen molar-refractivity contribution in [2.24, 2.45) is 0 Å². The number of hydrogen-bond acceptors (Lipinski definition) is 4. The summed E-state index contributed by atoms with van der Waals surface area (Å²) in [7, 11) is 0. The van der Waals surface area contributed by atoms with Crippen molar-refractivity contribution in [1.82, 2.24) is 4.98 Å². The summed E-state index contributed by atoms with van der Waals surface area (Å²) < 4.78 is 5.74. The molecule has 0 spiro atoms. The van der Waals surface area contributed by atoms with Crippen LogP contribution in [0, 0.1) is 13.8 Å². The fraction of sp³-hybridized carbons (Fsp3) is 0.233. The first-order valence-corrected chi connectivity index (χ1v) is 11.7. The Bertz CT molecular complexity index is 1440. The van der Waals surface area contributed by atoms with Gasteiger partial charge in [-0.2, -0.15) is 0 Å². The van der Waals surface area contributed by atoms with Gasteiger partial charge in [0.2, 0.25) is 0 Å². The van der Waals surface area contributed by atoms with Crippen molar-refractivity contribution in [3.8, 4) is 5.75 Å². The molecule has 0 aliphatic carbocycles. The molecule has 5 rings (SSSR count). The van der Waals surface area contributed by atoms with Gasteiger partial charge in [0, 0.05) is 41.5 Å². The summed E-state index contributed by atoms with van der Waals surface area (Å²) in [5, 5.41) is 0.960. The molecule has 1 aliphatic heterocycles. The molecule has 1 unspecified atom stereocenters. The first-order valence-electron chi connectivity index (χ1n) is 11.7. The van der Waals surface area contributed by atoms with E-state index in [9.17, 15) is 9.59 Å². The van der Waals surface area contributed by atoms with Gasteiger partial charge in [0.1, 0.15) is 11.9 Å². The van der Waals surface area contributed by atoms with Crippen LogP contribution in [0.5, 0.6) is 5.75 Å². The fourth-order valence-corrected chi connectivity index (χ4v) is 4.58. The number of benzene rings is 3. The summed E-state index contributed by atoms with van der Waals surface area (Å²) >= 11 is 0. The van der Waals surface area contributed by atoms with Crippen molar-refractivity contribution in [1.29, 1.82) is 0 Å². The van der Waals surface area contributed by atoms with Crippen molar-refractivity contribution >= 4 is 22.5 Å². The van der Waals surface area contributed by atoms with Crippen LogP contribution in [-0.2, 0) is 19.3 Å². The number of aromatic nitrogens is 1. The van der Waals surface area contributed by atoms with Crippen LogP contribution in [0.3, 0.4) is 0 Å². The summed E-state index contributed by atoms with van der Waals surface area (Å²) in [6, 6.07) is 21.3. The Hall–Kier alpha value is -3.79. The number of pyridine rings is 1.